The van der Waals surface area contributed by atoms with E-state index in [1.807, 2.05) is 0 Å². The summed E-state index contributed by atoms with van der Waals surface area (Å²) < 4.78 is 0.255. The summed E-state index contributed by atoms with van der Waals surface area (Å²) in [4.78, 5) is 0. The van der Waals surface area contributed by atoms with Crippen molar-refractivity contribution in [2.75, 3.05) is 0 Å². The highest BCUT2D eigenvalue weighted by Crippen LogP contribution is 2.28. The van der Waals surface area contributed by atoms with Gasteiger partial charge in [0.2, 0.25) is 0 Å². The first-order chi connectivity index (χ1) is 5.87. The molecule has 0 rings (SSSR count). The highest BCUT2D eigenvalue weighted by Gasteiger charge is 2.17. The normalized spacial score (nSPS) is 18.7. The molecule has 0 saturated heterocycles. The van der Waals surface area contributed by atoms with E-state index in [0.717, 1.165) is 11.8 Å². The van der Waals surface area contributed by atoms with Crippen molar-refractivity contribution in [1.29, 1.82) is 0 Å². The fourth-order valence-electron chi connectivity index (χ4n) is 1.66. The van der Waals surface area contributed by atoms with E-state index >= 15 is 0 Å². The highest BCUT2D eigenvalue weighted by atomic mass is 32.1. The van der Waals surface area contributed by atoms with E-state index in [1.54, 1.807) is 0 Å². The zero-order valence-corrected chi connectivity index (χ0v) is 10.8. The van der Waals surface area contributed by atoms with Crippen molar-refractivity contribution in [1.82, 2.24) is 0 Å². The first-order valence-electron chi connectivity index (χ1n) is 5.59. The molecule has 80 valence electrons. The van der Waals surface area contributed by atoms with Gasteiger partial charge in [-0.1, -0.05) is 34.6 Å². The van der Waals surface area contributed by atoms with Crippen molar-refractivity contribution in [3.05, 3.63) is 0 Å². The molecule has 0 bridgehead atoms. The molecule has 2 unspecified atom stereocenters. The van der Waals surface area contributed by atoms with Gasteiger partial charge >= 0.3 is 0 Å². The molecule has 0 aromatic heterocycles. The molecular weight excluding hydrogens is 176 g/mol. The SMILES string of the molecule is CCC(C)(S)CCC(C)CC(C)C. The molecule has 13 heavy (non-hydrogen) atoms. The molecular formula is C12H26S. The Morgan fingerprint density at radius 2 is 1.77 bits per heavy atom. The number of thiol groups is 1. The van der Waals surface area contributed by atoms with Gasteiger partial charge in [0.15, 0.2) is 0 Å². The summed E-state index contributed by atoms with van der Waals surface area (Å²) in [6.07, 6.45) is 5.10. The van der Waals surface area contributed by atoms with Crippen LogP contribution in [-0.2, 0) is 0 Å². The molecule has 0 amide bonds. The van der Waals surface area contributed by atoms with Crippen molar-refractivity contribution in [2.24, 2.45) is 11.8 Å². The Morgan fingerprint density at radius 1 is 1.23 bits per heavy atom. The predicted octanol–water partition coefficient (Wildman–Crippen LogP) is 4.55. The van der Waals surface area contributed by atoms with Gasteiger partial charge in [-0.15, -0.1) is 0 Å². The minimum absolute atomic E-state index is 0.255. The van der Waals surface area contributed by atoms with E-state index < -0.39 is 0 Å². The number of hydrogen-bond donors (Lipinski definition) is 1. The Balaban J connectivity index is 3.63. The molecule has 0 fully saturated rings. The summed E-state index contributed by atoms with van der Waals surface area (Å²) in [5, 5.41) is 0. The first-order valence-corrected chi connectivity index (χ1v) is 6.04. The minimum atomic E-state index is 0.255. The van der Waals surface area contributed by atoms with Crippen LogP contribution >= 0.6 is 12.6 Å². The zero-order chi connectivity index (χ0) is 10.5. The second kappa shape index (κ2) is 5.95. The Labute approximate surface area is 89.9 Å². The smallest absolute Gasteiger partial charge is 0.00988 e. The van der Waals surface area contributed by atoms with E-state index in [4.69, 9.17) is 0 Å². The molecule has 0 nitrogen and oxygen atoms in total. The first kappa shape index (κ1) is 13.4. The lowest BCUT2D eigenvalue weighted by Crippen LogP contribution is -2.16. The van der Waals surface area contributed by atoms with Crippen molar-refractivity contribution < 1.29 is 0 Å². The molecule has 0 aliphatic heterocycles. The van der Waals surface area contributed by atoms with Gasteiger partial charge in [0.1, 0.15) is 0 Å². The summed E-state index contributed by atoms with van der Waals surface area (Å²) in [5.41, 5.74) is 0. The molecule has 0 N–H and O–H groups in total. The lowest BCUT2D eigenvalue weighted by atomic mass is 9.90. The van der Waals surface area contributed by atoms with Crippen LogP contribution in [0, 0.1) is 11.8 Å². The molecule has 2 atom stereocenters. The van der Waals surface area contributed by atoms with Crippen LogP contribution in [0.25, 0.3) is 0 Å². The predicted molar refractivity (Wildman–Crippen MR) is 65.5 cm³/mol. The molecule has 0 saturated carbocycles. The molecule has 0 radical (unpaired) electrons. The van der Waals surface area contributed by atoms with Crippen LogP contribution in [-0.4, -0.2) is 4.75 Å². The van der Waals surface area contributed by atoms with Crippen LogP contribution in [0.3, 0.4) is 0 Å². The summed E-state index contributed by atoms with van der Waals surface area (Å²) in [7, 11) is 0. The van der Waals surface area contributed by atoms with Gasteiger partial charge in [-0.05, 0) is 37.5 Å². The Bertz CT molecular complexity index is 127. The number of hydrogen-bond acceptors (Lipinski definition) is 1. The summed E-state index contributed by atoms with van der Waals surface area (Å²) in [6, 6.07) is 0. The number of rotatable bonds is 6. The summed E-state index contributed by atoms with van der Waals surface area (Å²) in [6.45, 7) is 11.4. The average molecular weight is 202 g/mol. The van der Waals surface area contributed by atoms with Gasteiger partial charge in [-0.2, -0.15) is 12.6 Å². The fraction of sp³-hybridized carbons (Fsp3) is 1.00. The van der Waals surface area contributed by atoms with Gasteiger partial charge in [-0.3, -0.25) is 0 Å². The van der Waals surface area contributed by atoms with Crippen LogP contribution in [0.15, 0.2) is 0 Å². The van der Waals surface area contributed by atoms with Crippen LogP contribution in [0.1, 0.15) is 60.3 Å². The monoisotopic (exact) mass is 202 g/mol. The fourth-order valence-corrected chi connectivity index (χ4v) is 1.79. The van der Waals surface area contributed by atoms with Crippen molar-refractivity contribution in [2.45, 2.75) is 65.0 Å². The van der Waals surface area contributed by atoms with E-state index in [0.29, 0.717) is 0 Å². The molecule has 1 heteroatoms. The van der Waals surface area contributed by atoms with Crippen LogP contribution in [0.2, 0.25) is 0 Å². The van der Waals surface area contributed by atoms with Crippen LogP contribution in [0.5, 0.6) is 0 Å². The zero-order valence-electron chi connectivity index (χ0n) is 9.93. The maximum atomic E-state index is 4.65. The Hall–Kier alpha value is 0.350. The van der Waals surface area contributed by atoms with E-state index in [-0.39, 0.29) is 4.75 Å². The van der Waals surface area contributed by atoms with E-state index in [2.05, 4.69) is 47.2 Å². The maximum Gasteiger partial charge on any atom is 0.00988 e. The topological polar surface area (TPSA) is 0 Å². The lowest BCUT2D eigenvalue weighted by Gasteiger charge is -2.24. The Kier molecular flexibility index (Phi) is 6.11. The average Bonchev–Trinajstić information content (AvgIpc) is 2.00. The van der Waals surface area contributed by atoms with Gasteiger partial charge in [0.05, 0.1) is 0 Å². The van der Waals surface area contributed by atoms with Crippen molar-refractivity contribution in [3.63, 3.8) is 0 Å². The highest BCUT2D eigenvalue weighted by molar-refractivity contribution is 7.81. The molecule has 0 aliphatic rings. The molecule has 0 spiro atoms. The third-order valence-corrected chi connectivity index (χ3v) is 3.35. The molecule has 0 aliphatic carbocycles. The lowest BCUT2D eigenvalue weighted by molar-refractivity contribution is 0.383. The quantitative estimate of drug-likeness (QED) is 0.600. The van der Waals surface area contributed by atoms with Gasteiger partial charge < -0.3 is 0 Å². The standard InChI is InChI=1S/C12H26S/c1-6-12(5,13)8-7-11(4)9-10(2)3/h10-11,13H,6-9H2,1-5H3. The second-order valence-electron chi connectivity index (χ2n) is 5.12. The Morgan fingerprint density at radius 3 is 2.15 bits per heavy atom. The minimum Gasteiger partial charge on any atom is -0.173 e. The van der Waals surface area contributed by atoms with E-state index in [9.17, 15) is 0 Å². The second-order valence-corrected chi connectivity index (χ2v) is 6.20. The van der Waals surface area contributed by atoms with Gasteiger partial charge in [0.25, 0.3) is 0 Å². The van der Waals surface area contributed by atoms with Gasteiger partial charge in [0, 0.05) is 4.75 Å². The summed E-state index contributed by atoms with van der Waals surface area (Å²) >= 11 is 4.65. The summed E-state index contributed by atoms with van der Waals surface area (Å²) in [5.74, 6) is 1.70. The van der Waals surface area contributed by atoms with Gasteiger partial charge in [-0.25, -0.2) is 0 Å². The van der Waals surface area contributed by atoms with Crippen molar-refractivity contribution in [3.8, 4) is 0 Å². The third-order valence-electron chi connectivity index (χ3n) is 2.81. The van der Waals surface area contributed by atoms with Crippen LogP contribution in [0.4, 0.5) is 0 Å². The largest absolute Gasteiger partial charge is 0.173 e. The van der Waals surface area contributed by atoms with E-state index in [1.165, 1.54) is 25.7 Å². The molecule has 0 heterocycles. The van der Waals surface area contributed by atoms with Crippen molar-refractivity contribution >= 4 is 12.6 Å². The molecule has 0 aromatic rings. The third kappa shape index (κ3) is 7.42. The maximum absolute atomic E-state index is 4.65. The molecule has 0 aromatic carbocycles. The van der Waals surface area contributed by atoms with Crippen LogP contribution < -0.4 is 0 Å².